The molecule has 0 saturated heterocycles. The lowest BCUT2D eigenvalue weighted by atomic mass is 10.1. The van der Waals surface area contributed by atoms with Crippen molar-refractivity contribution >= 4 is 31.9 Å². The Morgan fingerprint density at radius 1 is 1.00 bits per heavy atom. The Labute approximate surface area is 105 Å². The number of benzene rings is 1. The minimum absolute atomic E-state index is 0.625. The highest BCUT2D eigenvalue weighted by molar-refractivity contribution is 9.10. The van der Waals surface area contributed by atoms with Crippen LogP contribution in [-0.2, 0) is 0 Å². The van der Waals surface area contributed by atoms with E-state index >= 15 is 0 Å². The molecule has 0 amide bonds. The molecule has 0 aliphatic heterocycles. The van der Waals surface area contributed by atoms with Gasteiger partial charge in [-0.3, -0.25) is 0 Å². The van der Waals surface area contributed by atoms with E-state index in [2.05, 4.69) is 41.8 Å². The van der Waals surface area contributed by atoms with Crippen LogP contribution in [0.15, 0.2) is 39.5 Å². The molecule has 0 spiro atoms. The van der Waals surface area contributed by atoms with Gasteiger partial charge in [-0.25, -0.2) is 9.97 Å². The first-order valence-corrected chi connectivity index (χ1v) is 6.01. The Kier molecular flexibility index (Phi) is 3.17. The number of halogens is 2. The largest absolute Gasteiger partial charge is 0.227 e. The van der Waals surface area contributed by atoms with Crippen molar-refractivity contribution in [3.05, 3.63) is 45.2 Å². The van der Waals surface area contributed by atoms with Crippen molar-refractivity contribution < 1.29 is 0 Å². The summed E-state index contributed by atoms with van der Waals surface area (Å²) in [6.07, 6.45) is 0. The van der Waals surface area contributed by atoms with Gasteiger partial charge in [0, 0.05) is 15.7 Å². The fourth-order valence-electron chi connectivity index (χ4n) is 1.30. The van der Waals surface area contributed by atoms with Gasteiger partial charge in [-0.2, -0.15) is 0 Å². The van der Waals surface area contributed by atoms with Gasteiger partial charge >= 0.3 is 0 Å². The molecular weight excluding hydrogens is 320 g/mol. The summed E-state index contributed by atoms with van der Waals surface area (Å²) >= 11 is 6.70. The minimum Gasteiger partial charge on any atom is -0.227 e. The third kappa shape index (κ3) is 2.63. The quantitative estimate of drug-likeness (QED) is 0.740. The monoisotopic (exact) mass is 326 g/mol. The highest BCUT2D eigenvalue weighted by Gasteiger charge is 2.02. The van der Waals surface area contributed by atoms with Crippen LogP contribution in [0.2, 0.25) is 0 Å². The van der Waals surface area contributed by atoms with Crippen molar-refractivity contribution in [3.8, 4) is 11.3 Å². The average Bonchev–Trinajstić information content (AvgIpc) is 2.17. The maximum atomic E-state index is 4.32. The van der Waals surface area contributed by atoms with Crippen molar-refractivity contribution in [3.63, 3.8) is 0 Å². The second-order valence-corrected chi connectivity index (χ2v) is 4.80. The Hall–Kier alpha value is -0.740. The molecule has 0 aliphatic carbocycles. The summed E-state index contributed by atoms with van der Waals surface area (Å²) in [5, 5.41) is 0. The number of hydrogen-bond acceptors (Lipinski definition) is 2. The molecule has 1 aromatic heterocycles. The van der Waals surface area contributed by atoms with Crippen molar-refractivity contribution in [1.29, 1.82) is 0 Å². The predicted molar refractivity (Wildman–Crippen MR) is 67.6 cm³/mol. The van der Waals surface area contributed by atoms with E-state index in [0.29, 0.717) is 4.73 Å². The topological polar surface area (TPSA) is 25.8 Å². The Balaban J connectivity index is 2.49. The number of aryl methyl sites for hydroxylation is 1. The van der Waals surface area contributed by atoms with Crippen LogP contribution in [0.4, 0.5) is 0 Å². The summed E-state index contributed by atoms with van der Waals surface area (Å²) in [7, 11) is 0. The third-order valence-corrected chi connectivity index (χ3v) is 2.85. The molecule has 15 heavy (non-hydrogen) atoms. The van der Waals surface area contributed by atoms with Crippen LogP contribution < -0.4 is 0 Å². The van der Waals surface area contributed by atoms with Gasteiger partial charge in [0.25, 0.3) is 0 Å². The molecule has 2 rings (SSSR count). The Morgan fingerprint density at radius 2 is 1.67 bits per heavy atom. The molecule has 0 aliphatic rings. The first kappa shape index (κ1) is 10.8. The van der Waals surface area contributed by atoms with E-state index in [1.807, 2.05) is 37.3 Å². The van der Waals surface area contributed by atoms with Crippen LogP contribution in [0.1, 0.15) is 5.69 Å². The molecule has 0 fully saturated rings. The van der Waals surface area contributed by atoms with Gasteiger partial charge in [-0.15, -0.1) is 0 Å². The second kappa shape index (κ2) is 4.41. The molecule has 0 atom stereocenters. The molecule has 1 heterocycles. The van der Waals surface area contributed by atoms with E-state index in [-0.39, 0.29) is 0 Å². The molecule has 0 bridgehead atoms. The summed E-state index contributed by atoms with van der Waals surface area (Å²) in [6.45, 7) is 1.95. The highest BCUT2D eigenvalue weighted by Crippen LogP contribution is 2.21. The van der Waals surface area contributed by atoms with Crippen molar-refractivity contribution in [2.24, 2.45) is 0 Å². The predicted octanol–water partition coefficient (Wildman–Crippen LogP) is 3.98. The Bertz CT molecular complexity index is 460. The number of aromatic nitrogens is 2. The van der Waals surface area contributed by atoms with E-state index in [9.17, 15) is 0 Å². The number of rotatable bonds is 1. The zero-order chi connectivity index (χ0) is 10.8. The maximum Gasteiger partial charge on any atom is 0.197 e. The van der Waals surface area contributed by atoms with E-state index in [4.69, 9.17) is 0 Å². The van der Waals surface area contributed by atoms with E-state index in [0.717, 1.165) is 21.4 Å². The van der Waals surface area contributed by atoms with Crippen LogP contribution >= 0.6 is 31.9 Å². The fourth-order valence-corrected chi connectivity index (χ4v) is 2.04. The lowest BCUT2D eigenvalue weighted by Gasteiger charge is -2.02. The zero-order valence-electron chi connectivity index (χ0n) is 8.04. The van der Waals surface area contributed by atoms with Crippen molar-refractivity contribution in [2.45, 2.75) is 6.92 Å². The van der Waals surface area contributed by atoms with Crippen LogP contribution in [0.5, 0.6) is 0 Å². The molecule has 1 aromatic carbocycles. The van der Waals surface area contributed by atoms with Crippen LogP contribution in [0.25, 0.3) is 11.3 Å². The van der Waals surface area contributed by atoms with Crippen molar-refractivity contribution in [2.75, 3.05) is 0 Å². The van der Waals surface area contributed by atoms with Gasteiger partial charge in [0.15, 0.2) is 4.73 Å². The summed E-state index contributed by atoms with van der Waals surface area (Å²) in [5.74, 6) is 0. The maximum absolute atomic E-state index is 4.32. The lowest BCUT2D eigenvalue weighted by Crippen LogP contribution is -1.90. The van der Waals surface area contributed by atoms with Crippen LogP contribution in [-0.4, -0.2) is 9.97 Å². The van der Waals surface area contributed by atoms with E-state index in [1.165, 1.54) is 0 Å². The molecule has 0 radical (unpaired) electrons. The highest BCUT2D eigenvalue weighted by atomic mass is 79.9. The molecule has 2 aromatic rings. The van der Waals surface area contributed by atoms with Gasteiger partial charge < -0.3 is 0 Å². The van der Waals surface area contributed by atoms with Gasteiger partial charge in [0.05, 0.1) is 5.69 Å². The third-order valence-electron chi connectivity index (χ3n) is 1.97. The SMILES string of the molecule is Cc1cc(-c2ccc(Br)cc2)nc(Br)n1. The number of hydrogen-bond donors (Lipinski definition) is 0. The summed E-state index contributed by atoms with van der Waals surface area (Å²) < 4.78 is 1.69. The molecule has 0 unspecified atom stereocenters. The normalized spacial score (nSPS) is 10.3. The summed E-state index contributed by atoms with van der Waals surface area (Å²) in [5.41, 5.74) is 2.97. The zero-order valence-corrected chi connectivity index (χ0v) is 11.2. The molecule has 4 heteroatoms. The van der Waals surface area contributed by atoms with Gasteiger partial charge in [0.1, 0.15) is 0 Å². The Morgan fingerprint density at radius 3 is 2.27 bits per heavy atom. The van der Waals surface area contributed by atoms with E-state index < -0.39 is 0 Å². The van der Waals surface area contributed by atoms with Gasteiger partial charge in [-0.05, 0) is 41.1 Å². The van der Waals surface area contributed by atoms with Crippen molar-refractivity contribution in [1.82, 2.24) is 9.97 Å². The first-order chi connectivity index (χ1) is 7.15. The second-order valence-electron chi connectivity index (χ2n) is 3.17. The molecule has 2 nitrogen and oxygen atoms in total. The van der Waals surface area contributed by atoms with Gasteiger partial charge in [0.2, 0.25) is 0 Å². The van der Waals surface area contributed by atoms with Crippen LogP contribution in [0, 0.1) is 6.92 Å². The fraction of sp³-hybridized carbons (Fsp3) is 0.0909. The standard InChI is InChI=1S/C11H8Br2N2/c1-7-6-10(15-11(13)14-7)8-2-4-9(12)5-3-8/h2-6H,1H3. The lowest BCUT2D eigenvalue weighted by molar-refractivity contribution is 1.06. The first-order valence-electron chi connectivity index (χ1n) is 4.42. The van der Waals surface area contributed by atoms with Crippen LogP contribution in [0.3, 0.4) is 0 Å². The minimum atomic E-state index is 0.625. The summed E-state index contributed by atoms with van der Waals surface area (Å²) in [4.78, 5) is 8.50. The molecular formula is C11H8Br2N2. The molecule has 0 N–H and O–H groups in total. The van der Waals surface area contributed by atoms with E-state index in [1.54, 1.807) is 0 Å². The van der Waals surface area contributed by atoms with Gasteiger partial charge in [-0.1, -0.05) is 28.1 Å². The molecule has 76 valence electrons. The smallest absolute Gasteiger partial charge is 0.197 e. The summed E-state index contributed by atoms with van der Waals surface area (Å²) in [6, 6.07) is 10.0. The number of nitrogens with zero attached hydrogens (tertiary/aromatic N) is 2. The molecule has 0 saturated carbocycles. The average molecular weight is 328 g/mol.